The highest BCUT2D eigenvalue weighted by molar-refractivity contribution is 5.78. The van der Waals surface area contributed by atoms with Crippen LogP contribution in [0.1, 0.15) is 51.6 Å². The third-order valence-electron chi connectivity index (χ3n) is 3.40. The Balaban J connectivity index is 2.91. The van der Waals surface area contributed by atoms with Crippen molar-refractivity contribution in [2.45, 2.75) is 51.6 Å². The molecule has 0 amide bonds. The van der Waals surface area contributed by atoms with E-state index < -0.39 is 11.5 Å². The lowest BCUT2D eigenvalue weighted by Crippen LogP contribution is -2.50. The fourth-order valence-corrected chi connectivity index (χ4v) is 2.24. The predicted octanol–water partition coefficient (Wildman–Crippen LogP) is 3.51. The lowest BCUT2D eigenvalue weighted by molar-refractivity contribution is -0.145. The second-order valence-electron chi connectivity index (χ2n) is 5.04. The van der Waals surface area contributed by atoms with Gasteiger partial charge in [0, 0.05) is 6.04 Å². The minimum absolute atomic E-state index is 0.0896. The van der Waals surface area contributed by atoms with Crippen molar-refractivity contribution in [2.24, 2.45) is 0 Å². The fourth-order valence-electron chi connectivity index (χ4n) is 2.24. The minimum Gasteiger partial charge on any atom is -0.480 e. The van der Waals surface area contributed by atoms with Gasteiger partial charge in [-0.05, 0) is 37.5 Å². The number of halogens is 1. The molecule has 4 heteroatoms. The van der Waals surface area contributed by atoms with Crippen LogP contribution in [0, 0.1) is 5.82 Å². The van der Waals surface area contributed by atoms with Crippen LogP contribution in [0.25, 0.3) is 0 Å². The Morgan fingerprint density at radius 3 is 2.37 bits per heavy atom. The fraction of sp³-hybridized carbons (Fsp3) is 0.533. The summed E-state index contributed by atoms with van der Waals surface area (Å²) in [5, 5.41) is 12.6. The van der Waals surface area contributed by atoms with Gasteiger partial charge in [-0.25, -0.2) is 4.39 Å². The van der Waals surface area contributed by atoms with Crippen molar-refractivity contribution in [1.82, 2.24) is 5.32 Å². The van der Waals surface area contributed by atoms with Crippen LogP contribution in [0.15, 0.2) is 24.3 Å². The number of carboxylic acid groups (broad SMARTS) is 1. The molecule has 0 spiro atoms. The minimum atomic E-state index is -0.955. The average molecular weight is 267 g/mol. The molecule has 2 unspecified atom stereocenters. The summed E-state index contributed by atoms with van der Waals surface area (Å²) in [6.45, 7) is 5.64. The molecule has 2 N–H and O–H groups in total. The van der Waals surface area contributed by atoms with Crippen molar-refractivity contribution in [3.8, 4) is 0 Å². The molecule has 0 radical (unpaired) electrons. The van der Waals surface area contributed by atoms with Gasteiger partial charge in [0.25, 0.3) is 0 Å². The number of rotatable bonds is 7. The normalized spacial score (nSPS) is 15.8. The summed E-state index contributed by atoms with van der Waals surface area (Å²) >= 11 is 0. The highest BCUT2D eigenvalue weighted by atomic mass is 19.1. The van der Waals surface area contributed by atoms with E-state index in [4.69, 9.17) is 0 Å². The number of aliphatic carboxylic acids is 1. The number of carbonyl (C=O) groups is 1. The van der Waals surface area contributed by atoms with Crippen LogP contribution in [-0.4, -0.2) is 16.6 Å². The molecule has 1 aromatic rings. The second kappa shape index (κ2) is 6.66. The van der Waals surface area contributed by atoms with Crippen LogP contribution >= 0.6 is 0 Å². The van der Waals surface area contributed by atoms with Gasteiger partial charge in [0.05, 0.1) is 0 Å². The quantitative estimate of drug-likeness (QED) is 0.794. The van der Waals surface area contributed by atoms with E-state index in [-0.39, 0.29) is 11.9 Å². The van der Waals surface area contributed by atoms with Crippen LogP contribution in [0.3, 0.4) is 0 Å². The second-order valence-corrected chi connectivity index (χ2v) is 5.04. The first-order valence-electron chi connectivity index (χ1n) is 6.69. The van der Waals surface area contributed by atoms with Crippen molar-refractivity contribution >= 4 is 5.97 Å². The first-order valence-corrected chi connectivity index (χ1v) is 6.69. The van der Waals surface area contributed by atoms with Gasteiger partial charge >= 0.3 is 5.97 Å². The van der Waals surface area contributed by atoms with E-state index >= 15 is 0 Å². The SMILES string of the molecule is CCCC(C)(NC(CC)c1ccc(F)cc1)C(=O)O. The smallest absolute Gasteiger partial charge is 0.323 e. The van der Waals surface area contributed by atoms with Crippen molar-refractivity contribution < 1.29 is 14.3 Å². The summed E-state index contributed by atoms with van der Waals surface area (Å²) in [6.07, 6.45) is 2.09. The first kappa shape index (κ1) is 15.6. The van der Waals surface area contributed by atoms with Crippen molar-refractivity contribution in [1.29, 1.82) is 0 Å². The van der Waals surface area contributed by atoms with Gasteiger partial charge in [-0.3, -0.25) is 10.1 Å². The van der Waals surface area contributed by atoms with Gasteiger partial charge < -0.3 is 5.11 Å². The number of benzene rings is 1. The standard InChI is InChI=1S/C15H22FNO2/c1-4-10-15(3,14(18)19)17-13(5-2)11-6-8-12(16)9-7-11/h6-9,13,17H,4-5,10H2,1-3H3,(H,18,19). The summed E-state index contributed by atoms with van der Waals surface area (Å²) in [5.74, 6) is -1.14. The van der Waals surface area contributed by atoms with Crippen LogP contribution in [0.4, 0.5) is 4.39 Å². The van der Waals surface area contributed by atoms with Gasteiger partial charge in [0.1, 0.15) is 11.4 Å². The maximum absolute atomic E-state index is 12.9. The molecular weight excluding hydrogens is 245 g/mol. The molecule has 106 valence electrons. The Bertz CT molecular complexity index is 419. The van der Waals surface area contributed by atoms with E-state index in [9.17, 15) is 14.3 Å². The molecule has 0 bridgehead atoms. The van der Waals surface area contributed by atoms with E-state index in [1.54, 1.807) is 19.1 Å². The Morgan fingerprint density at radius 2 is 1.95 bits per heavy atom. The lowest BCUT2D eigenvalue weighted by Gasteiger charge is -2.31. The van der Waals surface area contributed by atoms with E-state index in [2.05, 4.69) is 5.32 Å². The predicted molar refractivity (Wildman–Crippen MR) is 73.5 cm³/mol. The highest BCUT2D eigenvalue weighted by Gasteiger charge is 2.34. The van der Waals surface area contributed by atoms with Crippen molar-refractivity contribution in [2.75, 3.05) is 0 Å². The van der Waals surface area contributed by atoms with Gasteiger partial charge in [-0.1, -0.05) is 32.4 Å². The van der Waals surface area contributed by atoms with Gasteiger partial charge in [0.15, 0.2) is 0 Å². The summed E-state index contributed by atoms with van der Waals surface area (Å²) < 4.78 is 12.9. The molecule has 0 saturated carbocycles. The maximum Gasteiger partial charge on any atom is 0.323 e. The Morgan fingerprint density at radius 1 is 1.37 bits per heavy atom. The zero-order chi connectivity index (χ0) is 14.5. The van der Waals surface area contributed by atoms with Crippen LogP contribution in [0.5, 0.6) is 0 Å². The molecule has 2 atom stereocenters. The summed E-state index contributed by atoms with van der Waals surface area (Å²) in [6, 6.07) is 6.11. The van der Waals surface area contributed by atoms with Crippen LogP contribution in [-0.2, 0) is 4.79 Å². The Hall–Kier alpha value is -1.42. The number of carboxylic acids is 1. The van der Waals surface area contributed by atoms with E-state index in [1.165, 1.54) is 12.1 Å². The van der Waals surface area contributed by atoms with Crippen LogP contribution < -0.4 is 5.32 Å². The number of nitrogens with one attached hydrogen (secondary N) is 1. The van der Waals surface area contributed by atoms with Gasteiger partial charge in [-0.2, -0.15) is 0 Å². The van der Waals surface area contributed by atoms with Crippen molar-refractivity contribution in [3.63, 3.8) is 0 Å². The third-order valence-corrected chi connectivity index (χ3v) is 3.40. The maximum atomic E-state index is 12.9. The molecule has 0 heterocycles. The average Bonchev–Trinajstić information content (AvgIpc) is 2.37. The topological polar surface area (TPSA) is 49.3 Å². The molecule has 0 aromatic heterocycles. The number of hydrogen-bond donors (Lipinski definition) is 2. The Kier molecular flexibility index (Phi) is 5.48. The molecule has 0 aliphatic heterocycles. The zero-order valence-corrected chi connectivity index (χ0v) is 11.7. The molecule has 1 aromatic carbocycles. The molecule has 0 fully saturated rings. The largest absolute Gasteiger partial charge is 0.480 e. The number of hydrogen-bond acceptors (Lipinski definition) is 2. The molecule has 0 aliphatic rings. The first-order chi connectivity index (χ1) is 8.92. The highest BCUT2D eigenvalue weighted by Crippen LogP contribution is 2.23. The van der Waals surface area contributed by atoms with Crippen LogP contribution in [0.2, 0.25) is 0 Å². The van der Waals surface area contributed by atoms with Gasteiger partial charge in [0.2, 0.25) is 0 Å². The lowest BCUT2D eigenvalue weighted by atomic mass is 9.92. The van der Waals surface area contributed by atoms with Gasteiger partial charge in [-0.15, -0.1) is 0 Å². The molecule has 3 nitrogen and oxygen atoms in total. The Labute approximate surface area is 113 Å². The zero-order valence-electron chi connectivity index (χ0n) is 11.7. The molecule has 0 aliphatic carbocycles. The van der Waals surface area contributed by atoms with E-state index in [0.717, 1.165) is 18.4 Å². The van der Waals surface area contributed by atoms with E-state index in [0.29, 0.717) is 6.42 Å². The summed E-state index contributed by atoms with van der Waals surface area (Å²) in [4.78, 5) is 11.4. The molecular formula is C15H22FNO2. The third kappa shape index (κ3) is 4.03. The molecule has 1 rings (SSSR count). The van der Waals surface area contributed by atoms with E-state index in [1.807, 2.05) is 13.8 Å². The molecule has 0 saturated heterocycles. The molecule has 19 heavy (non-hydrogen) atoms. The monoisotopic (exact) mass is 267 g/mol. The van der Waals surface area contributed by atoms with Crippen molar-refractivity contribution in [3.05, 3.63) is 35.6 Å². The summed E-state index contributed by atoms with van der Waals surface area (Å²) in [7, 11) is 0. The summed E-state index contributed by atoms with van der Waals surface area (Å²) in [5.41, 5.74) is -0.0448.